The fraction of sp³-hybridized carbons (Fsp3) is 0.429. The average molecular weight is 301 g/mol. The summed E-state index contributed by atoms with van der Waals surface area (Å²) in [6, 6.07) is 5.14. The Balaban J connectivity index is 2.45. The van der Waals surface area contributed by atoms with Crippen molar-refractivity contribution in [2.75, 3.05) is 7.11 Å². The molecule has 0 amide bonds. The second-order valence-electron chi connectivity index (χ2n) is 4.74. The van der Waals surface area contributed by atoms with Gasteiger partial charge in [0.05, 0.1) is 22.6 Å². The summed E-state index contributed by atoms with van der Waals surface area (Å²) in [5, 5.41) is 0.844. The molecule has 1 aromatic rings. The van der Waals surface area contributed by atoms with Crippen LogP contribution in [0.1, 0.15) is 31.2 Å². The van der Waals surface area contributed by atoms with E-state index in [0.717, 1.165) is 5.56 Å². The standard InChI is InChI=1S/C14H14Cl2O3/c1-19-13(18)14(6-4-10(17)5-7-14)9-2-3-11(15)12(16)8-9/h2-3,8H,4-7H2,1H3. The van der Waals surface area contributed by atoms with Gasteiger partial charge in [-0.25, -0.2) is 0 Å². The Kier molecular flexibility index (Phi) is 4.16. The number of esters is 1. The molecule has 3 nitrogen and oxygen atoms in total. The van der Waals surface area contributed by atoms with Crippen LogP contribution in [0.15, 0.2) is 18.2 Å². The molecule has 2 rings (SSSR count). The minimum absolute atomic E-state index is 0.180. The molecule has 0 atom stereocenters. The van der Waals surface area contributed by atoms with E-state index in [1.165, 1.54) is 7.11 Å². The van der Waals surface area contributed by atoms with E-state index in [-0.39, 0.29) is 11.8 Å². The molecule has 19 heavy (non-hydrogen) atoms. The lowest BCUT2D eigenvalue weighted by Crippen LogP contribution is -2.40. The van der Waals surface area contributed by atoms with E-state index >= 15 is 0 Å². The molecule has 1 fully saturated rings. The zero-order valence-corrected chi connectivity index (χ0v) is 12.1. The molecule has 0 bridgehead atoms. The predicted octanol–water partition coefficient (Wildman–Crippen LogP) is 3.55. The van der Waals surface area contributed by atoms with Crippen LogP contribution >= 0.6 is 23.2 Å². The summed E-state index contributed by atoms with van der Waals surface area (Å²) in [6.07, 6.45) is 1.68. The molecule has 1 saturated carbocycles. The number of ketones is 1. The molecule has 0 radical (unpaired) electrons. The van der Waals surface area contributed by atoms with Crippen LogP contribution in [0.4, 0.5) is 0 Å². The number of halogens is 2. The highest BCUT2D eigenvalue weighted by Crippen LogP contribution is 2.41. The largest absolute Gasteiger partial charge is 0.468 e. The fourth-order valence-electron chi connectivity index (χ4n) is 2.56. The molecule has 0 N–H and O–H groups in total. The van der Waals surface area contributed by atoms with Crippen molar-refractivity contribution in [3.05, 3.63) is 33.8 Å². The van der Waals surface area contributed by atoms with Crippen molar-refractivity contribution in [3.63, 3.8) is 0 Å². The summed E-state index contributed by atoms with van der Waals surface area (Å²) < 4.78 is 4.93. The predicted molar refractivity (Wildman–Crippen MR) is 73.6 cm³/mol. The maximum absolute atomic E-state index is 12.2. The van der Waals surface area contributed by atoms with Crippen molar-refractivity contribution < 1.29 is 14.3 Å². The zero-order valence-electron chi connectivity index (χ0n) is 10.5. The zero-order chi connectivity index (χ0) is 14.0. The summed E-state index contributed by atoms with van der Waals surface area (Å²) in [4.78, 5) is 23.6. The number of benzene rings is 1. The number of ether oxygens (including phenoxy) is 1. The molecule has 0 aliphatic heterocycles. The molecular formula is C14H14Cl2O3. The van der Waals surface area contributed by atoms with E-state index in [1.54, 1.807) is 18.2 Å². The van der Waals surface area contributed by atoms with E-state index < -0.39 is 5.41 Å². The highest BCUT2D eigenvalue weighted by molar-refractivity contribution is 6.42. The lowest BCUT2D eigenvalue weighted by Gasteiger charge is -2.34. The molecule has 0 unspecified atom stereocenters. The second kappa shape index (κ2) is 5.51. The first-order chi connectivity index (χ1) is 8.99. The third kappa shape index (κ3) is 2.63. The minimum Gasteiger partial charge on any atom is -0.468 e. The van der Waals surface area contributed by atoms with E-state index in [4.69, 9.17) is 27.9 Å². The molecule has 5 heteroatoms. The van der Waals surface area contributed by atoms with Gasteiger partial charge in [0.25, 0.3) is 0 Å². The maximum atomic E-state index is 12.2. The van der Waals surface area contributed by atoms with Crippen LogP contribution in [0.3, 0.4) is 0 Å². The number of hydrogen-bond donors (Lipinski definition) is 0. The van der Waals surface area contributed by atoms with Gasteiger partial charge in [-0.1, -0.05) is 29.3 Å². The van der Waals surface area contributed by atoms with Crippen molar-refractivity contribution in [2.45, 2.75) is 31.1 Å². The summed E-state index contributed by atoms with van der Waals surface area (Å²) in [7, 11) is 1.36. The van der Waals surface area contributed by atoms with Crippen LogP contribution in [0, 0.1) is 0 Å². The molecule has 0 heterocycles. The minimum atomic E-state index is -0.781. The summed E-state index contributed by atoms with van der Waals surface area (Å²) in [5.41, 5.74) is -0.0158. The Morgan fingerprint density at radius 1 is 1.21 bits per heavy atom. The van der Waals surface area contributed by atoms with Gasteiger partial charge in [0.15, 0.2) is 0 Å². The summed E-state index contributed by atoms with van der Waals surface area (Å²) >= 11 is 11.9. The van der Waals surface area contributed by atoms with Crippen LogP contribution < -0.4 is 0 Å². The normalized spacial score (nSPS) is 18.2. The van der Waals surface area contributed by atoms with Crippen LogP contribution in [-0.2, 0) is 19.7 Å². The van der Waals surface area contributed by atoms with E-state index in [1.807, 2.05) is 0 Å². The molecule has 1 aromatic carbocycles. The van der Waals surface area contributed by atoms with Crippen molar-refractivity contribution >= 4 is 35.0 Å². The van der Waals surface area contributed by atoms with E-state index in [9.17, 15) is 9.59 Å². The molecule has 1 aliphatic carbocycles. The Morgan fingerprint density at radius 3 is 2.37 bits per heavy atom. The lowest BCUT2D eigenvalue weighted by molar-refractivity contribution is -0.149. The number of hydrogen-bond acceptors (Lipinski definition) is 3. The van der Waals surface area contributed by atoms with Gasteiger partial charge < -0.3 is 4.74 Å². The molecule has 0 saturated heterocycles. The van der Waals surface area contributed by atoms with Gasteiger partial charge in [-0.2, -0.15) is 0 Å². The van der Waals surface area contributed by atoms with Gasteiger partial charge in [-0.3, -0.25) is 9.59 Å². The third-order valence-corrected chi connectivity index (χ3v) is 4.45. The maximum Gasteiger partial charge on any atom is 0.316 e. The van der Waals surface area contributed by atoms with Crippen molar-refractivity contribution in [1.29, 1.82) is 0 Å². The van der Waals surface area contributed by atoms with Gasteiger partial charge in [0.1, 0.15) is 5.78 Å². The van der Waals surface area contributed by atoms with Gasteiger partial charge in [-0.15, -0.1) is 0 Å². The Hall–Kier alpha value is -1.06. The Labute approximate surface area is 121 Å². The fourth-order valence-corrected chi connectivity index (χ4v) is 2.85. The molecule has 0 spiro atoms. The van der Waals surface area contributed by atoms with Crippen LogP contribution in [-0.4, -0.2) is 18.9 Å². The van der Waals surface area contributed by atoms with E-state index in [0.29, 0.717) is 35.7 Å². The first-order valence-corrected chi connectivity index (χ1v) is 6.81. The van der Waals surface area contributed by atoms with Gasteiger partial charge in [0, 0.05) is 12.8 Å². The third-order valence-electron chi connectivity index (χ3n) is 3.71. The van der Waals surface area contributed by atoms with Crippen LogP contribution in [0.5, 0.6) is 0 Å². The average Bonchev–Trinajstić information content (AvgIpc) is 2.42. The van der Waals surface area contributed by atoms with Crippen molar-refractivity contribution in [1.82, 2.24) is 0 Å². The first-order valence-electron chi connectivity index (χ1n) is 6.05. The van der Waals surface area contributed by atoms with Crippen molar-refractivity contribution in [2.24, 2.45) is 0 Å². The number of carbonyl (C=O) groups is 2. The number of Topliss-reactive ketones (excluding diaryl/α,β-unsaturated/α-hetero) is 1. The highest BCUT2D eigenvalue weighted by atomic mass is 35.5. The molecule has 0 aromatic heterocycles. The smallest absolute Gasteiger partial charge is 0.316 e. The van der Waals surface area contributed by atoms with Crippen molar-refractivity contribution in [3.8, 4) is 0 Å². The highest BCUT2D eigenvalue weighted by Gasteiger charge is 2.44. The van der Waals surface area contributed by atoms with Crippen LogP contribution in [0.25, 0.3) is 0 Å². The molecule has 1 aliphatic rings. The number of rotatable bonds is 2. The Morgan fingerprint density at radius 2 is 1.84 bits per heavy atom. The molecule has 102 valence electrons. The van der Waals surface area contributed by atoms with Gasteiger partial charge in [-0.05, 0) is 30.5 Å². The Bertz CT molecular complexity index is 515. The SMILES string of the molecule is COC(=O)C1(c2ccc(Cl)c(Cl)c2)CCC(=O)CC1. The first kappa shape index (κ1) is 14.4. The summed E-state index contributed by atoms with van der Waals surface area (Å²) in [5.74, 6) is -0.141. The van der Waals surface area contributed by atoms with Crippen LogP contribution in [0.2, 0.25) is 10.0 Å². The number of carbonyl (C=O) groups excluding carboxylic acids is 2. The quantitative estimate of drug-likeness (QED) is 0.785. The molecular weight excluding hydrogens is 287 g/mol. The van der Waals surface area contributed by atoms with Gasteiger partial charge in [0.2, 0.25) is 0 Å². The van der Waals surface area contributed by atoms with Gasteiger partial charge >= 0.3 is 5.97 Å². The second-order valence-corrected chi connectivity index (χ2v) is 5.56. The summed E-state index contributed by atoms with van der Waals surface area (Å²) in [6.45, 7) is 0. The lowest BCUT2D eigenvalue weighted by atomic mass is 9.69. The monoisotopic (exact) mass is 300 g/mol. The number of methoxy groups -OCH3 is 1. The van der Waals surface area contributed by atoms with E-state index in [2.05, 4.69) is 0 Å². The topological polar surface area (TPSA) is 43.4 Å².